The molecular weight excluding hydrogens is 294 g/mol. The van der Waals surface area contributed by atoms with E-state index in [1.807, 2.05) is 0 Å². The second-order valence-electron chi connectivity index (χ2n) is 4.33. The van der Waals surface area contributed by atoms with E-state index >= 15 is 0 Å². The third-order valence-corrected chi connectivity index (χ3v) is 3.30. The Kier molecular flexibility index (Phi) is 3.19. The standard InChI is InChI=1S/C13H10ClN5O2/c1-7-10(12(21)19-13(17-7)15-6-16-19)18-11(20)8-4-2-3-5-9(8)14/h2-6H,1H3,(H,18,20)(H,15,16,17). The fourth-order valence-corrected chi connectivity index (χ4v) is 2.15. The molecule has 0 aliphatic rings. The summed E-state index contributed by atoms with van der Waals surface area (Å²) in [4.78, 5) is 32.5. The molecule has 0 atom stereocenters. The van der Waals surface area contributed by atoms with Crippen molar-refractivity contribution in [2.24, 2.45) is 0 Å². The van der Waals surface area contributed by atoms with E-state index in [2.05, 4.69) is 20.4 Å². The smallest absolute Gasteiger partial charge is 0.298 e. The number of carbonyl (C=O) groups excluding carboxylic acids is 1. The second kappa shape index (κ2) is 5.02. The third kappa shape index (κ3) is 2.27. The molecule has 0 aliphatic carbocycles. The van der Waals surface area contributed by atoms with Gasteiger partial charge in [-0.15, -0.1) is 0 Å². The third-order valence-electron chi connectivity index (χ3n) is 2.97. The largest absolute Gasteiger partial charge is 0.316 e. The molecular formula is C13H10ClN5O2. The van der Waals surface area contributed by atoms with Gasteiger partial charge in [0, 0.05) is 0 Å². The predicted octanol–water partition coefficient (Wildman–Crippen LogP) is 1.63. The number of fused-ring (bicyclic) bond motifs is 1. The monoisotopic (exact) mass is 303 g/mol. The number of rotatable bonds is 2. The normalized spacial score (nSPS) is 10.8. The molecule has 0 aliphatic heterocycles. The Bertz CT molecular complexity index is 899. The van der Waals surface area contributed by atoms with Crippen molar-refractivity contribution in [1.82, 2.24) is 19.6 Å². The van der Waals surface area contributed by atoms with Crippen molar-refractivity contribution >= 4 is 29.0 Å². The maximum Gasteiger partial charge on any atom is 0.298 e. The number of aryl methyl sites for hydroxylation is 1. The molecule has 2 N–H and O–H groups in total. The fraction of sp³-hybridized carbons (Fsp3) is 0.0769. The van der Waals surface area contributed by atoms with Crippen LogP contribution >= 0.6 is 11.6 Å². The van der Waals surface area contributed by atoms with Gasteiger partial charge in [0.15, 0.2) is 0 Å². The van der Waals surface area contributed by atoms with Crippen LogP contribution in [0.3, 0.4) is 0 Å². The van der Waals surface area contributed by atoms with Crippen LogP contribution in [-0.2, 0) is 0 Å². The number of carbonyl (C=O) groups is 1. The molecule has 1 aromatic carbocycles. The average Bonchev–Trinajstić information content (AvgIpc) is 2.92. The van der Waals surface area contributed by atoms with Crippen LogP contribution in [0.4, 0.5) is 5.69 Å². The van der Waals surface area contributed by atoms with Crippen LogP contribution in [0, 0.1) is 6.92 Å². The summed E-state index contributed by atoms with van der Waals surface area (Å²) in [6.45, 7) is 1.62. The van der Waals surface area contributed by atoms with Crippen molar-refractivity contribution in [3.8, 4) is 0 Å². The molecule has 0 fully saturated rings. The van der Waals surface area contributed by atoms with Gasteiger partial charge in [0.25, 0.3) is 17.2 Å². The highest BCUT2D eigenvalue weighted by atomic mass is 35.5. The summed E-state index contributed by atoms with van der Waals surface area (Å²) in [7, 11) is 0. The number of anilines is 1. The number of hydrogen-bond donors (Lipinski definition) is 2. The fourth-order valence-electron chi connectivity index (χ4n) is 1.93. The summed E-state index contributed by atoms with van der Waals surface area (Å²) in [5.74, 6) is -0.227. The van der Waals surface area contributed by atoms with Gasteiger partial charge >= 0.3 is 0 Å². The SMILES string of the molecule is Cc1nc2nc[nH]n2c(=O)c1NC(=O)c1ccccc1Cl. The van der Waals surface area contributed by atoms with Gasteiger partial charge in [0.2, 0.25) is 0 Å². The molecule has 1 amide bonds. The van der Waals surface area contributed by atoms with Crippen LogP contribution in [0.1, 0.15) is 16.1 Å². The molecule has 0 bridgehead atoms. The summed E-state index contributed by atoms with van der Waals surface area (Å²) < 4.78 is 1.15. The van der Waals surface area contributed by atoms with Crippen molar-refractivity contribution in [1.29, 1.82) is 0 Å². The Hall–Kier alpha value is -2.67. The van der Waals surface area contributed by atoms with E-state index in [4.69, 9.17) is 11.6 Å². The quantitative estimate of drug-likeness (QED) is 0.752. The molecule has 7 nitrogen and oxygen atoms in total. The lowest BCUT2D eigenvalue weighted by Crippen LogP contribution is -2.25. The zero-order chi connectivity index (χ0) is 15.0. The van der Waals surface area contributed by atoms with Crippen LogP contribution in [0.15, 0.2) is 35.4 Å². The van der Waals surface area contributed by atoms with Crippen molar-refractivity contribution < 1.29 is 4.79 Å². The minimum atomic E-state index is -0.470. The summed E-state index contributed by atoms with van der Waals surface area (Å²) in [6.07, 6.45) is 1.35. The summed E-state index contributed by atoms with van der Waals surface area (Å²) >= 11 is 5.97. The first-order valence-electron chi connectivity index (χ1n) is 6.06. The maximum atomic E-state index is 12.3. The number of hydrogen-bond acceptors (Lipinski definition) is 4. The number of aromatic nitrogens is 4. The van der Waals surface area contributed by atoms with E-state index in [9.17, 15) is 9.59 Å². The van der Waals surface area contributed by atoms with Crippen LogP contribution in [0.2, 0.25) is 5.02 Å². The number of aromatic amines is 1. The topological polar surface area (TPSA) is 92.2 Å². The molecule has 21 heavy (non-hydrogen) atoms. The lowest BCUT2D eigenvalue weighted by atomic mass is 10.2. The summed E-state index contributed by atoms with van der Waals surface area (Å²) in [5.41, 5.74) is 0.317. The van der Waals surface area contributed by atoms with Gasteiger partial charge in [0.1, 0.15) is 12.0 Å². The molecule has 2 heterocycles. The molecule has 2 aromatic heterocycles. The number of halogens is 1. The van der Waals surface area contributed by atoms with Crippen LogP contribution in [-0.4, -0.2) is 25.5 Å². The Morgan fingerprint density at radius 3 is 2.90 bits per heavy atom. The molecule has 0 unspecified atom stereocenters. The first-order chi connectivity index (χ1) is 10.1. The van der Waals surface area contributed by atoms with Gasteiger partial charge in [-0.3, -0.25) is 14.7 Å². The van der Waals surface area contributed by atoms with Gasteiger partial charge in [-0.2, -0.15) is 4.52 Å². The lowest BCUT2D eigenvalue weighted by molar-refractivity contribution is 0.102. The van der Waals surface area contributed by atoms with Gasteiger partial charge in [-0.1, -0.05) is 23.7 Å². The van der Waals surface area contributed by atoms with E-state index in [0.717, 1.165) is 4.52 Å². The second-order valence-corrected chi connectivity index (χ2v) is 4.74. The molecule has 106 valence electrons. The zero-order valence-electron chi connectivity index (χ0n) is 10.9. The van der Waals surface area contributed by atoms with E-state index in [-0.39, 0.29) is 17.0 Å². The van der Waals surface area contributed by atoms with E-state index in [0.29, 0.717) is 10.7 Å². The predicted molar refractivity (Wildman–Crippen MR) is 77.7 cm³/mol. The van der Waals surface area contributed by atoms with Gasteiger partial charge in [-0.25, -0.2) is 9.97 Å². The van der Waals surface area contributed by atoms with E-state index < -0.39 is 11.5 Å². The number of H-pyrrole nitrogens is 1. The summed E-state index contributed by atoms with van der Waals surface area (Å²) in [6, 6.07) is 6.59. The number of nitrogens with one attached hydrogen (secondary N) is 2. The minimum absolute atomic E-state index is 0.0849. The zero-order valence-corrected chi connectivity index (χ0v) is 11.7. The Morgan fingerprint density at radius 1 is 1.38 bits per heavy atom. The van der Waals surface area contributed by atoms with Crippen molar-refractivity contribution in [2.45, 2.75) is 6.92 Å². The first-order valence-corrected chi connectivity index (χ1v) is 6.44. The highest BCUT2D eigenvalue weighted by molar-refractivity contribution is 6.34. The Labute approximate surface area is 123 Å². The van der Waals surface area contributed by atoms with Gasteiger partial charge in [0.05, 0.1) is 16.3 Å². The molecule has 0 radical (unpaired) electrons. The highest BCUT2D eigenvalue weighted by Gasteiger charge is 2.16. The van der Waals surface area contributed by atoms with Gasteiger partial charge < -0.3 is 5.32 Å². The van der Waals surface area contributed by atoms with E-state index in [1.165, 1.54) is 6.33 Å². The maximum absolute atomic E-state index is 12.3. The van der Waals surface area contributed by atoms with Gasteiger partial charge in [-0.05, 0) is 19.1 Å². The number of amides is 1. The number of nitrogens with zero attached hydrogens (tertiary/aromatic N) is 3. The van der Waals surface area contributed by atoms with Crippen LogP contribution in [0.25, 0.3) is 5.78 Å². The Balaban J connectivity index is 2.04. The Morgan fingerprint density at radius 2 is 2.14 bits per heavy atom. The number of benzene rings is 1. The van der Waals surface area contributed by atoms with Crippen LogP contribution in [0.5, 0.6) is 0 Å². The van der Waals surface area contributed by atoms with Crippen molar-refractivity contribution in [3.05, 3.63) is 57.2 Å². The summed E-state index contributed by atoms with van der Waals surface area (Å²) in [5, 5.41) is 5.49. The van der Waals surface area contributed by atoms with Crippen molar-refractivity contribution in [2.75, 3.05) is 5.32 Å². The highest BCUT2D eigenvalue weighted by Crippen LogP contribution is 2.17. The molecule has 0 saturated heterocycles. The minimum Gasteiger partial charge on any atom is -0.316 e. The first kappa shape index (κ1) is 13.3. The average molecular weight is 304 g/mol. The van der Waals surface area contributed by atoms with Crippen molar-refractivity contribution in [3.63, 3.8) is 0 Å². The van der Waals surface area contributed by atoms with Crippen LogP contribution < -0.4 is 10.9 Å². The molecule has 3 rings (SSSR count). The van der Waals surface area contributed by atoms with E-state index in [1.54, 1.807) is 31.2 Å². The molecule has 8 heteroatoms. The molecule has 0 spiro atoms. The molecule has 0 saturated carbocycles. The molecule has 3 aromatic rings. The lowest BCUT2D eigenvalue weighted by Gasteiger charge is -2.08.